The molecule has 0 aliphatic rings. The fourth-order valence-corrected chi connectivity index (χ4v) is 3.15. The number of hydrogen-bond donors (Lipinski definition) is 2. The highest BCUT2D eigenvalue weighted by atomic mass is 35.5. The van der Waals surface area contributed by atoms with Crippen molar-refractivity contribution < 1.29 is 18.7 Å². The number of nitrogens with zero attached hydrogens (tertiary/aromatic N) is 2. The lowest BCUT2D eigenvalue weighted by Gasteiger charge is -2.18. The van der Waals surface area contributed by atoms with Gasteiger partial charge in [0.05, 0.1) is 24.8 Å². The quantitative estimate of drug-likeness (QED) is 0.601. The fraction of sp³-hybridized carbons (Fsp3) is 0.250. The number of furan rings is 1. The summed E-state index contributed by atoms with van der Waals surface area (Å²) in [5.41, 5.74) is 2.06. The van der Waals surface area contributed by atoms with Crippen LogP contribution < -0.4 is 15.4 Å². The monoisotopic (exact) mass is 416 g/mol. The Bertz CT molecular complexity index is 1010. The molecule has 8 nitrogen and oxygen atoms in total. The number of aromatic nitrogens is 2. The standard InChI is InChI=1S/C20H21ClN4O4/c1-12-9-13(2)25(24-12)16(18-5-4-8-29-18)11-22-19(26)20(27)23-15-10-14(21)6-7-17(15)28-3/h4-10,16H,11H2,1-3H3,(H,22,26)(H,23,27). The lowest BCUT2D eigenvalue weighted by Crippen LogP contribution is -2.39. The number of ether oxygens (including phenoxy) is 1. The van der Waals surface area contributed by atoms with E-state index in [1.807, 2.05) is 19.9 Å². The molecule has 0 bridgehead atoms. The molecule has 0 spiro atoms. The Labute approximate surface area is 172 Å². The Balaban J connectivity index is 1.71. The molecule has 1 unspecified atom stereocenters. The predicted molar refractivity (Wildman–Crippen MR) is 108 cm³/mol. The van der Waals surface area contributed by atoms with Gasteiger partial charge in [-0.15, -0.1) is 0 Å². The molecule has 0 fully saturated rings. The number of methoxy groups -OCH3 is 1. The van der Waals surface area contributed by atoms with Crippen LogP contribution in [0, 0.1) is 13.8 Å². The first-order chi connectivity index (χ1) is 13.9. The average Bonchev–Trinajstić information content (AvgIpc) is 3.32. The molecule has 9 heteroatoms. The third-order valence-corrected chi connectivity index (χ3v) is 4.52. The van der Waals surface area contributed by atoms with E-state index in [1.54, 1.807) is 35.2 Å². The summed E-state index contributed by atoms with van der Waals surface area (Å²) in [6.07, 6.45) is 1.55. The van der Waals surface area contributed by atoms with Gasteiger partial charge < -0.3 is 19.8 Å². The molecule has 0 radical (unpaired) electrons. The molecule has 1 aromatic carbocycles. The van der Waals surface area contributed by atoms with Crippen LogP contribution in [0.4, 0.5) is 5.69 Å². The van der Waals surface area contributed by atoms with Gasteiger partial charge in [-0.05, 0) is 50.2 Å². The van der Waals surface area contributed by atoms with Crippen LogP contribution in [0.2, 0.25) is 5.02 Å². The lowest BCUT2D eigenvalue weighted by molar-refractivity contribution is -0.136. The SMILES string of the molecule is COc1ccc(Cl)cc1NC(=O)C(=O)NCC(c1ccco1)n1nc(C)cc1C. The number of carbonyl (C=O) groups excluding carboxylic acids is 2. The number of amides is 2. The summed E-state index contributed by atoms with van der Waals surface area (Å²) in [6, 6.07) is 9.82. The molecule has 152 valence electrons. The van der Waals surface area contributed by atoms with Crippen molar-refractivity contribution in [1.82, 2.24) is 15.1 Å². The Morgan fingerprint density at radius 1 is 1.24 bits per heavy atom. The zero-order chi connectivity index (χ0) is 21.0. The summed E-state index contributed by atoms with van der Waals surface area (Å²) in [5.74, 6) is -0.623. The topological polar surface area (TPSA) is 98.4 Å². The molecule has 2 heterocycles. The van der Waals surface area contributed by atoms with Gasteiger partial charge in [0.15, 0.2) is 0 Å². The van der Waals surface area contributed by atoms with Gasteiger partial charge in [-0.1, -0.05) is 11.6 Å². The molecule has 0 aliphatic heterocycles. The molecular weight excluding hydrogens is 396 g/mol. The van der Waals surface area contributed by atoms with Crippen LogP contribution >= 0.6 is 11.6 Å². The Hall–Kier alpha value is -3.26. The van der Waals surface area contributed by atoms with Crippen LogP contribution in [0.15, 0.2) is 47.1 Å². The van der Waals surface area contributed by atoms with Gasteiger partial charge in [-0.2, -0.15) is 5.10 Å². The van der Waals surface area contributed by atoms with Crippen LogP contribution in [0.1, 0.15) is 23.2 Å². The van der Waals surface area contributed by atoms with E-state index in [9.17, 15) is 9.59 Å². The van der Waals surface area contributed by atoms with Gasteiger partial charge in [0.25, 0.3) is 0 Å². The largest absolute Gasteiger partial charge is 0.495 e. The van der Waals surface area contributed by atoms with Gasteiger partial charge in [0.2, 0.25) is 0 Å². The first-order valence-electron chi connectivity index (χ1n) is 8.88. The van der Waals surface area contributed by atoms with Crippen LogP contribution in [0.25, 0.3) is 0 Å². The second kappa shape index (κ2) is 8.83. The first-order valence-corrected chi connectivity index (χ1v) is 9.25. The number of nitrogens with one attached hydrogen (secondary N) is 2. The van der Waals surface area contributed by atoms with Crippen LogP contribution in [0.5, 0.6) is 5.75 Å². The molecule has 2 amide bonds. The van der Waals surface area contributed by atoms with Crippen LogP contribution in [-0.4, -0.2) is 35.2 Å². The zero-order valence-electron chi connectivity index (χ0n) is 16.2. The second-order valence-corrected chi connectivity index (χ2v) is 6.85. The van der Waals surface area contributed by atoms with E-state index in [2.05, 4.69) is 15.7 Å². The molecule has 0 saturated heterocycles. The van der Waals surface area contributed by atoms with Gasteiger partial charge in [0, 0.05) is 17.3 Å². The van der Waals surface area contributed by atoms with Crippen molar-refractivity contribution in [1.29, 1.82) is 0 Å². The molecule has 3 aromatic rings. The lowest BCUT2D eigenvalue weighted by atomic mass is 10.2. The molecule has 0 saturated carbocycles. The number of carbonyl (C=O) groups is 2. The van der Waals surface area contributed by atoms with E-state index in [4.69, 9.17) is 20.8 Å². The predicted octanol–water partition coefficient (Wildman–Crippen LogP) is 3.10. The summed E-state index contributed by atoms with van der Waals surface area (Å²) < 4.78 is 12.4. The van der Waals surface area contributed by atoms with Crippen molar-refractivity contribution in [3.63, 3.8) is 0 Å². The third kappa shape index (κ3) is 4.78. The highest BCUT2D eigenvalue weighted by Gasteiger charge is 2.23. The summed E-state index contributed by atoms with van der Waals surface area (Å²) in [5, 5.41) is 10.0. The highest BCUT2D eigenvalue weighted by Crippen LogP contribution is 2.27. The molecule has 3 rings (SSSR count). The molecular formula is C20H21ClN4O4. The minimum Gasteiger partial charge on any atom is -0.495 e. The summed E-state index contributed by atoms with van der Waals surface area (Å²) >= 11 is 5.95. The van der Waals surface area contributed by atoms with Crippen LogP contribution in [-0.2, 0) is 9.59 Å². The van der Waals surface area contributed by atoms with Crippen molar-refractivity contribution in [2.75, 3.05) is 19.0 Å². The van der Waals surface area contributed by atoms with Crippen molar-refractivity contribution in [2.45, 2.75) is 19.9 Å². The second-order valence-electron chi connectivity index (χ2n) is 6.41. The summed E-state index contributed by atoms with van der Waals surface area (Å²) in [7, 11) is 1.46. The molecule has 29 heavy (non-hydrogen) atoms. The number of rotatable bonds is 6. The molecule has 1 atom stereocenters. The van der Waals surface area contributed by atoms with E-state index in [0.717, 1.165) is 11.4 Å². The van der Waals surface area contributed by atoms with E-state index in [1.165, 1.54) is 13.2 Å². The van der Waals surface area contributed by atoms with Gasteiger partial charge >= 0.3 is 11.8 Å². The minimum absolute atomic E-state index is 0.119. The minimum atomic E-state index is -0.836. The smallest absolute Gasteiger partial charge is 0.313 e. The molecule has 0 aliphatic carbocycles. The Morgan fingerprint density at radius 2 is 2.03 bits per heavy atom. The van der Waals surface area contributed by atoms with Crippen molar-refractivity contribution in [3.8, 4) is 5.75 Å². The fourth-order valence-electron chi connectivity index (χ4n) is 2.98. The number of benzene rings is 1. The number of hydrogen-bond acceptors (Lipinski definition) is 5. The van der Waals surface area contributed by atoms with E-state index >= 15 is 0 Å². The van der Waals surface area contributed by atoms with Crippen molar-refractivity contribution in [3.05, 3.63) is 64.8 Å². The Kier molecular flexibility index (Phi) is 6.23. The Morgan fingerprint density at radius 3 is 2.66 bits per heavy atom. The van der Waals surface area contributed by atoms with Gasteiger partial charge in [-0.25, -0.2) is 0 Å². The van der Waals surface area contributed by atoms with E-state index in [-0.39, 0.29) is 6.54 Å². The number of halogens is 1. The van der Waals surface area contributed by atoms with Crippen molar-refractivity contribution >= 4 is 29.1 Å². The highest BCUT2D eigenvalue weighted by molar-refractivity contribution is 6.40. The van der Waals surface area contributed by atoms with Gasteiger partial charge in [-0.3, -0.25) is 14.3 Å². The summed E-state index contributed by atoms with van der Waals surface area (Å²) in [6.45, 7) is 3.91. The van der Waals surface area contributed by atoms with Gasteiger partial charge in [0.1, 0.15) is 17.6 Å². The van der Waals surface area contributed by atoms with E-state index in [0.29, 0.717) is 22.2 Å². The average molecular weight is 417 g/mol. The maximum Gasteiger partial charge on any atom is 0.313 e. The molecule has 2 N–H and O–H groups in total. The van der Waals surface area contributed by atoms with E-state index < -0.39 is 17.9 Å². The van der Waals surface area contributed by atoms with Crippen molar-refractivity contribution in [2.24, 2.45) is 0 Å². The third-order valence-electron chi connectivity index (χ3n) is 4.28. The zero-order valence-corrected chi connectivity index (χ0v) is 17.0. The first kappa shape index (κ1) is 20.5. The molecule has 2 aromatic heterocycles. The summed E-state index contributed by atoms with van der Waals surface area (Å²) in [4.78, 5) is 24.7. The normalized spacial score (nSPS) is 11.7. The number of anilines is 1. The maximum atomic E-state index is 12.4. The maximum absolute atomic E-state index is 12.4. The van der Waals surface area contributed by atoms with Crippen LogP contribution in [0.3, 0.4) is 0 Å². The number of aryl methyl sites for hydroxylation is 2.